The number of likely N-dealkylation sites (tertiary alicyclic amines) is 1. The van der Waals surface area contributed by atoms with Crippen LogP contribution in [0.1, 0.15) is 44.2 Å². The van der Waals surface area contributed by atoms with Gasteiger partial charge in [-0.1, -0.05) is 24.3 Å². The van der Waals surface area contributed by atoms with Crippen LogP contribution in [0, 0.1) is 6.92 Å². The second kappa shape index (κ2) is 7.60. The van der Waals surface area contributed by atoms with E-state index in [1.807, 2.05) is 17.0 Å². The summed E-state index contributed by atoms with van der Waals surface area (Å²) >= 11 is 0. The van der Waals surface area contributed by atoms with Crippen molar-refractivity contribution < 1.29 is 9.53 Å². The number of rotatable bonds is 5. The van der Waals surface area contributed by atoms with E-state index in [1.54, 1.807) is 0 Å². The number of amides is 1. The fourth-order valence-electron chi connectivity index (χ4n) is 2.92. The Hall–Kier alpha value is -1.35. The molecule has 1 heterocycles. The SMILES string of the molecule is Cc1ccccc1CCC(=O)N1CCC(OC(C)C)CC1. The molecule has 3 nitrogen and oxygen atoms in total. The highest BCUT2D eigenvalue weighted by atomic mass is 16.5. The number of ether oxygens (including phenoxy) is 1. The summed E-state index contributed by atoms with van der Waals surface area (Å²) in [6.45, 7) is 7.92. The van der Waals surface area contributed by atoms with Gasteiger partial charge in [0.05, 0.1) is 12.2 Å². The molecule has 1 amide bonds. The smallest absolute Gasteiger partial charge is 0.222 e. The molecule has 1 aromatic rings. The first-order valence-corrected chi connectivity index (χ1v) is 8.04. The molecule has 3 heteroatoms. The van der Waals surface area contributed by atoms with Gasteiger partial charge in [0, 0.05) is 19.5 Å². The Bertz CT molecular complexity index is 462. The third-order valence-electron chi connectivity index (χ3n) is 4.13. The second-order valence-electron chi connectivity index (χ2n) is 6.19. The summed E-state index contributed by atoms with van der Waals surface area (Å²) in [5.74, 6) is 0.279. The summed E-state index contributed by atoms with van der Waals surface area (Å²) in [4.78, 5) is 14.3. The molecule has 1 aliphatic rings. The number of carbonyl (C=O) groups is 1. The summed E-state index contributed by atoms with van der Waals surface area (Å²) < 4.78 is 5.83. The van der Waals surface area contributed by atoms with Crippen LogP contribution in [0.15, 0.2) is 24.3 Å². The van der Waals surface area contributed by atoms with Gasteiger partial charge in [0.2, 0.25) is 5.91 Å². The van der Waals surface area contributed by atoms with Crippen molar-refractivity contribution >= 4 is 5.91 Å². The highest BCUT2D eigenvalue weighted by Gasteiger charge is 2.23. The maximum Gasteiger partial charge on any atom is 0.222 e. The van der Waals surface area contributed by atoms with Gasteiger partial charge in [-0.05, 0) is 51.2 Å². The fraction of sp³-hybridized carbons (Fsp3) is 0.611. The number of piperidine rings is 1. The third kappa shape index (κ3) is 4.85. The molecule has 0 aliphatic carbocycles. The number of benzene rings is 1. The van der Waals surface area contributed by atoms with E-state index < -0.39 is 0 Å². The average Bonchev–Trinajstić information content (AvgIpc) is 2.46. The van der Waals surface area contributed by atoms with Crippen molar-refractivity contribution in [3.8, 4) is 0 Å². The predicted molar refractivity (Wildman–Crippen MR) is 85.3 cm³/mol. The first kappa shape index (κ1) is 16.0. The van der Waals surface area contributed by atoms with E-state index in [0.717, 1.165) is 32.4 Å². The number of aryl methyl sites for hydroxylation is 2. The van der Waals surface area contributed by atoms with Crippen molar-refractivity contribution in [3.05, 3.63) is 35.4 Å². The van der Waals surface area contributed by atoms with Crippen LogP contribution in [-0.2, 0) is 16.0 Å². The van der Waals surface area contributed by atoms with E-state index in [9.17, 15) is 4.79 Å². The maximum absolute atomic E-state index is 12.3. The molecular weight excluding hydrogens is 262 g/mol. The monoisotopic (exact) mass is 289 g/mol. The molecule has 0 saturated carbocycles. The van der Waals surface area contributed by atoms with Crippen LogP contribution in [-0.4, -0.2) is 36.1 Å². The van der Waals surface area contributed by atoms with Gasteiger partial charge in [-0.3, -0.25) is 4.79 Å². The largest absolute Gasteiger partial charge is 0.375 e. The van der Waals surface area contributed by atoms with Crippen molar-refractivity contribution in [1.29, 1.82) is 0 Å². The third-order valence-corrected chi connectivity index (χ3v) is 4.13. The van der Waals surface area contributed by atoms with Crippen LogP contribution >= 0.6 is 0 Å². The Morgan fingerprint density at radius 3 is 2.57 bits per heavy atom. The Balaban J connectivity index is 1.76. The van der Waals surface area contributed by atoms with Gasteiger partial charge in [0.1, 0.15) is 0 Å². The van der Waals surface area contributed by atoms with E-state index in [4.69, 9.17) is 4.74 Å². The van der Waals surface area contributed by atoms with Gasteiger partial charge in [-0.2, -0.15) is 0 Å². The van der Waals surface area contributed by atoms with Crippen LogP contribution in [0.5, 0.6) is 0 Å². The quantitative estimate of drug-likeness (QED) is 0.832. The fourth-order valence-corrected chi connectivity index (χ4v) is 2.92. The molecule has 0 atom stereocenters. The average molecular weight is 289 g/mol. The Labute approximate surface area is 128 Å². The second-order valence-corrected chi connectivity index (χ2v) is 6.19. The molecule has 21 heavy (non-hydrogen) atoms. The number of hydrogen-bond acceptors (Lipinski definition) is 2. The first-order valence-electron chi connectivity index (χ1n) is 8.04. The summed E-state index contributed by atoms with van der Waals surface area (Å²) in [6, 6.07) is 8.31. The zero-order valence-electron chi connectivity index (χ0n) is 13.5. The van der Waals surface area contributed by atoms with Crippen molar-refractivity contribution in [3.63, 3.8) is 0 Å². The number of hydrogen-bond donors (Lipinski definition) is 0. The molecule has 1 saturated heterocycles. The molecule has 1 aromatic carbocycles. The summed E-state index contributed by atoms with van der Waals surface area (Å²) in [6.07, 6.45) is 3.99. The van der Waals surface area contributed by atoms with Crippen LogP contribution in [0.2, 0.25) is 0 Å². The minimum atomic E-state index is 0.276. The lowest BCUT2D eigenvalue weighted by atomic mass is 10.0. The van der Waals surface area contributed by atoms with Gasteiger partial charge >= 0.3 is 0 Å². The van der Waals surface area contributed by atoms with E-state index in [2.05, 4.69) is 32.9 Å². The minimum Gasteiger partial charge on any atom is -0.375 e. The van der Waals surface area contributed by atoms with Gasteiger partial charge in [0.15, 0.2) is 0 Å². The molecule has 1 fully saturated rings. The standard InChI is InChI=1S/C18H27NO2/c1-14(2)21-17-10-12-19(13-11-17)18(20)9-8-16-7-5-4-6-15(16)3/h4-7,14,17H,8-13H2,1-3H3. The lowest BCUT2D eigenvalue weighted by Crippen LogP contribution is -2.41. The molecule has 0 bridgehead atoms. The molecular formula is C18H27NO2. The topological polar surface area (TPSA) is 29.5 Å². The van der Waals surface area contributed by atoms with E-state index in [1.165, 1.54) is 11.1 Å². The minimum absolute atomic E-state index is 0.276. The number of nitrogens with zero attached hydrogens (tertiary/aromatic N) is 1. The summed E-state index contributed by atoms with van der Waals surface area (Å²) in [5.41, 5.74) is 2.55. The number of carbonyl (C=O) groups excluding carboxylic acids is 1. The van der Waals surface area contributed by atoms with Crippen molar-refractivity contribution in [2.75, 3.05) is 13.1 Å². The van der Waals surface area contributed by atoms with Gasteiger partial charge < -0.3 is 9.64 Å². The van der Waals surface area contributed by atoms with Crippen LogP contribution in [0.25, 0.3) is 0 Å². The molecule has 0 unspecified atom stereocenters. The molecule has 0 N–H and O–H groups in total. The first-order chi connectivity index (χ1) is 10.1. The summed E-state index contributed by atoms with van der Waals surface area (Å²) in [5, 5.41) is 0. The van der Waals surface area contributed by atoms with Crippen LogP contribution < -0.4 is 0 Å². The molecule has 116 valence electrons. The van der Waals surface area contributed by atoms with Gasteiger partial charge in [0.25, 0.3) is 0 Å². The molecule has 1 aliphatic heterocycles. The summed E-state index contributed by atoms with van der Waals surface area (Å²) in [7, 11) is 0. The molecule has 0 spiro atoms. The van der Waals surface area contributed by atoms with Gasteiger partial charge in [-0.25, -0.2) is 0 Å². The molecule has 0 radical (unpaired) electrons. The lowest BCUT2D eigenvalue weighted by Gasteiger charge is -2.33. The zero-order valence-corrected chi connectivity index (χ0v) is 13.5. The Kier molecular flexibility index (Phi) is 5.80. The highest BCUT2D eigenvalue weighted by Crippen LogP contribution is 2.17. The van der Waals surface area contributed by atoms with E-state index >= 15 is 0 Å². The van der Waals surface area contributed by atoms with E-state index in [-0.39, 0.29) is 12.0 Å². The predicted octanol–water partition coefficient (Wildman–Crippen LogP) is 3.34. The molecule has 0 aromatic heterocycles. The maximum atomic E-state index is 12.3. The van der Waals surface area contributed by atoms with Crippen LogP contribution in [0.3, 0.4) is 0 Å². The Morgan fingerprint density at radius 2 is 1.95 bits per heavy atom. The van der Waals surface area contributed by atoms with E-state index in [0.29, 0.717) is 12.5 Å². The van der Waals surface area contributed by atoms with Crippen molar-refractivity contribution in [2.24, 2.45) is 0 Å². The highest BCUT2D eigenvalue weighted by molar-refractivity contribution is 5.76. The Morgan fingerprint density at radius 1 is 1.29 bits per heavy atom. The van der Waals surface area contributed by atoms with Gasteiger partial charge in [-0.15, -0.1) is 0 Å². The van der Waals surface area contributed by atoms with Crippen LogP contribution in [0.4, 0.5) is 0 Å². The zero-order chi connectivity index (χ0) is 15.2. The van der Waals surface area contributed by atoms with Crippen molar-refractivity contribution in [1.82, 2.24) is 4.90 Å². The van der Waals surface area contributed by atoms with Crippen molar-refractivity contribution in [2.45, 2.75) is 58.7 Å². The normalized spacial score (nSPS) is 16.5. The molecule has 2 rings (SSSR count). The lowest BCUT2D eigenvalue weighted by molar-refractivity contribution is -0.134.